The van der Waals surface area contributed by atoms with E-state index < -0.39 is 47.0 Å². The van der Waals surface area contributed by atoms with Crippen molar-refractivity contribution in [2.45, 2.75) is 0 Å². The molecule has 0 saturated carbocycles. The van der Waals surface area contributed by atoms with E-state index in [9.17, 15) is 28.0 Å². The first-order valence-corrected chi connectivity index (χ1v) is 11.2. The normalized spacial score (nSPS) is 10.1. The third-order valence-electron chi connectivity index (χ3n) is 4.78. The van der Waals surface area contributed by atoms with Crippen LogP contribution < -0.4 is 18.9 Å². The van der Waals surface area contributed by atoms with Crippen molar-refractivity contribution >= 4 is 23.9 Å². The lowest BCUT2D eigenvalue weighted by atomic mass is 10.2. The molecule has 3 aromatic rings. The SMILES string of the molecule is C=CC(=O)OCOc1ccc(C(=O)Oc2ccc(OC(=O)c3ccc(OCOC(=O)C=C)cc3)c(F)c2F)cc1. The zero-order valence-electron chi connectivity index (χ0n) is 20.6. The first-order valence-electron chi connectivity index (χ1n) is 11.2. The molecule has 0 atom stereocenters. The molecule has 0 heterocycles. The number of ether oxygens (including phenoxy) is 6. The van der Waals surface area contributed by atoms with E-state index in [2.05, 4.69) is 22.6 Å². The molecule has 0 aromatic heterocycles. The van der Waals surface area contributed by atoms with Crippen LogP contribution in [0, 0.1) is 11.6 Å². The van der Waals surface area contributed by atoms with E-state index in [0.717, 1.165) is 24.3 Å². The number of carbonyl (C=O) groups is 4. The summed E-state index contributed by atoms with van der Waals surface area (Å²) in [5.41, 5.74) is -0.0333. The summed E-state index contributed by atoms with van der Waals surface area (Å²) in [4.78, 5) is 46.7. The highest BCUT2D eigenvalue weighted by Gasteiger charge is 2.21. The van der Waals surface area contributed by atoms with Gasteiger partial charge in [-0.15, -0.1) is 0 Å². The van der Waals surface area contributed by atoms with Crippen LogP contribution >= 0.6 is 0 Å². The molecule has 3 rings (SSSR count). The van der Waals surface area contributed by atoms with Gasteiger partial charge < -0.3 is 28.4 Å². The van der Waals surface area contributed by atoms with Crippen LogP contribution in [0.25, 0.3) is 0 Å². The Kier molecular flexibility index (Phi) is 10.1. The van der Waals surface area contributed by atoms with E-state index in [1.807, 2.05) is 0 Å². The smallest absolute Gasteiger partial charge is 0.343 e. The number of esters is 4. The van der Waals surface area contributed by atoms with Gasteiger partial charge in [0.1, 0.15) is 11.5 Å². The fourth-order valence-electron chi connectivity index (χ4n) is 2.79. The maximum absolute atomic E-state index is 14.6. The lowest BCUT2D eigenvalue weighted by Crippen LogP contribution is -2.13. The van der Waals surface area contributed by atoms with Gasteiger partial charge in [-0.25, -0.2) is 19.2 Å². The highest BCUT2D eigenvalue weighted by molar-refractivity contribution is 5.92. The molecule has 0 aliphatic heterocycles. The molecule has 40 heavy (non-hydrogen) atoms. The Morgan fingerprint density at radius 2 is 0.950 bits per heavy atom. The van der Waals surface area contributed by atoms with Gasteiger partial charge in [0.05, 0.1) is 11.1 Å². The van der Waals surface area contributed by atoms with Gasteiger partial charge in [0, 0.05) is 12.2 Å². The van der Waals surface area contributed by atoms with Crippen molar-refractivity contribution in [2.24, 2.45) is 0 Å². The number of rotatable bonds is 12. The number of benzene rings is 3. The third-order valence-corrected chi connectivity index (χ3v) is 4.78. The van der Waals surface area contributed by atoms with Crippen molar-refractivity contribution in [3.8, 4) is 23.0 Å². The highest BCUT2D eigenvalue weighted by atomic mass is 19.2. The maximum Gasteiger partial charge on any atom is 0.343 e. The first kappa shape index (κ1) is 29.0. The highest BCUT2D eigenvalue weighted by Crippen LogP contribution is 2.29. The van der Waals surface area contributed by atoms with Crippen LogP contribution in [0.4, 0.5) is 8.78 Å². The van der Waals surface area contributed by atoms with E-state index in [1.54, 1.807) is 0 Å². The molecular weight excluding hydrogens is 534 g/mol. The Hall–Kier alpha value is -5.52. The average molecular weight is 554 g/mol. The van der Waals surface area contributed by atoms with Crippen LogP contribution in [-0.4, -0.2) is 37.5 Å². The molecule has 0 N–H and O–H groups in total. The molecule has 0 bridgehead atoms. The van der Waals surface area contributed by atoms with Gasteiger partial charge in [-0.3, -0.25) is 0 Å². The summed E-state index contributed by atoms with van der Waals surface area (Å²) in [5, 5.41) is 0. The number of halogens is 2. The van der Waals surface area contributed by atoms with E-state index in [4.69, 9.17) is 18.9 Å². The number of hydrogen-bond donors (Lipinski definition) is 0. The van der Waals surface area contributed by atoms with Crippen molar-refractivity contribution in [2.75, 3.05) is 13.6 Å². The predicted octanol–water partition coefficient (Wildman–Crippen LogP) is 4.53. The van der Waals surface area contributed by atoms with Crippen LogP contribution in [0.15, 0.2) is 86.0 Å². The minimum Gasteiger partial charge on any atom is -0.457 e. The Balaban J connectivity index is 1.58. The second-order valence-electron chi connectivity index (χ2n) is 7.38. The van der Waals surface area contributed by atoms with Crippen molar-refractivity contribution in [3.05, 3.63) is 109 Å². The third kappa shape index (κ3) is 7.99. The van der Waals surface area contributed by atoms with Crippen molar-refractivity contribution in [1.82, 2.24) is 0 Å². The molecule has 0 amide bonds. The van der Waals surface area contributed by atoms with Crippen molar-refractivity contribution in [3.63, 3.8) is 0 Å². The standard InChI is InChI=1S/C28H20F2O10/c1-3-23(31)37-15-35-19-9-5-17(6-10-19)27(33)39-21-13-14-22(26(30)25(21)29)40-28(34)18-7-11-20(12-8-18)36-16-38-24(32)4-2/h3-14H,1-2,15-16H2. The van der Waals surface area contributed by atoms with Crippen LogP contribution in [0.2, 0.25) is 0 Å². The topological polar surface area (TPSA) is 124 Å². The molecule has 0 spiro atoms. The zero-order chi connectivity index (χ0) is 29.1. The summed E-state index contributed by atoms with van der Waals surface area (Å²) in [5.74, 6) is -7.44. The molecule has 0 radical (unpaired) electrons. The van der Waals surface area contributed by atoms with Crippen molar-refractivity contribution < 1.29 is 56.4 Å². The molecular formula is C28H20F2O10. The average Bonchev–Trinajstić information content (AvgIpc) is 2.97. The summed E-state index contributed by atoms with van der Waals surface area (Å²) in [6.07, 6.45) is 1.93. The van der Waals surface area contributed by atoms with Crippen LogP contribution in [0.1, 0.15) is 20.7 Å². The van der Waals surface area contributed by atoms with E-state index in [0.29, 0.717) is 0 Å². The molecule has 0 fully saturated rings. The summed E-state index contributed by atoms with van der Waals surface area (Å²) in [6.45, 7) is 5.71. The molecule has 206 valence electrons. The van der Waals surface area contributed by atoms with Gasteiger partial charge in [-0.1, -0.05) is 13.2 Å². The minimum absolute atomic E-state index is 0.0166. The van der Waals surface area contributed by atoms with Gasteiger partial charge >= 0.3 is 23.9 Å². The second-order valence-corrected chi connectivity index (χ2v) is 7.38. The van der Waals surface area contributed by atoms with Gasteiger partial charge in [0.2, 0.25) is 25.2 Å². The monoisotopic (exact) mass is 554 g/mol. The summed E-state index contributed by atoms with van der Waals surface area (Å²) < 4.78 is 58.6. The molecule has 0 aliphatic rings. The lowest BCUT2D eigenvalue weighted by molar-refractivity contribution is -0.145. The number of hydrogen-bond acceptors (Lipinski definition) is 10. The lowest BCUT2D eigenvalue weighted by Gasteiger charge is -2.10. The maximum atomic E-state index is 14.6. The summed E-state index contributed by atoms with van der Waals surface area (Å²) >= 11 is 0. The summed E-state index contributed by atoms with van der Waals surface area (Å²) in [6, 6.07) is 12.5. The van der Waals surface area contributed by atoms with Gasteiger partial charge in [0.25, 0.3) is 0 Å². The fraction of sp³-hybridized carbons (Fsp3) is 0.0714. The summed E-state index contributed by atoms with van der Waals surface area (Å²) in [7, 11) is 0. The van der Waals surface area contributed by atoms with E-state index in [-0.39, 0.29) is 36.2 Å². The van der Waals surface area contributed by atoms with Crippen LogP contribution in [0.5, 0.6) is 23.0 Å². The van der Waals surface area contributed by atoms with Gasteiger partial charge in [-0.05, 0) is 60.7 Å². The molecule has 10 nitrogen and oxygen atoms in total. The Bertz CT molecular complexity index is 1310. The van der Waals surface area contributed by atoms with E-state index in [1.165, 1.54) is 48.5 Å². The second kappa shape index (κ2) is 13.9. The van der Waals surface area contributed by atoms with Crippen LogP contribution in [-0.2, 0) is 19.1 Å². The van der Waals surface area contributed by atoms with Gasteiger partial charge in [0.15, 0.2) is 11.5 Å². The molecule has 12 heteroatoms. The Labute approximate surface area is 225 Å². The van der Waals surface area contributed by atoms with Crippen LogP contribution in [0.3, 0.4) is 0 Å². The molecule has 3 aromatic carbocycles. The quantitative estimate of drug-likeness (QED) is 0.136. The first-order chi connectivity index (χ1) is 19.2. The zero-order valence-corrected chi connectivity index (χ0v) is 20.6. The predicted molar refractivity (Wildman–Crippen MR) is 133 cm³/mol. The fourth-order valence-corrected chi connectivity index (χ4v) is 2.79. The Morgan fingerprint density at radius 1 is 0.600 bits per heavy atom. The number of carbonyl (C=O) groups excluding carboxylic acids is 4. The minimum atomic E-state index is -1.56. The largest absolute Gasteiger partial charge is 0.457 e. The van der Waals surface area contributed by atoms with E-state index >= 15 is 0 Å². The molecule has 0 aliphatic carbocycles. The molecule has 0 unspecified atom stereocenters. The van der Waals surface area contributed by atoms with Gasteiger partial charge in [-0.2, -0.15) is 8.78 Å². The van der Waals surface area contributed by atoms with Crippen molar-refractivity contribution in [1.29, 1.82) is 0 Å². The Morgan fingerprint density at radius 3 is 1.27 bits per heavy atom. The molecule has 0 saturated heterocycles.